The van der Waals surface area contributed by atoms with Crippen LogP contribution < -0.4 is 0 Å². The average Bonchev–Trinajstić information content (AvgIpc) is 1.97. The molecule has 1 heteroatoms. The fraction of sp³-hybridized carbons (Fsp3) is 0. The van der Waals surface area contributed by atoms with E-state index in [1.807, 2.05) is 6.08 Å². The van der Waals surface area contributed by atoms with Crippen molar-refractivity contribution in [1.29, 1.82) is 5.41 Å². The van der Waals surface area contributed by atoms with Crippen LogP contribution >= 0.6 is 0 Å². The summed E-state index contributed by atoms with van der Waals surface area (Å²) < 4.78 is 0. The predicted octanol–water partition coefficient (Wildman–Crippen LogP) is 2.49. The third-order valence-corrected chi connectivity index (χ3v) is 0.853. The largest absolute Gasteiger partial charge is 0.309 e. The van der Waals surface area contributed by atoms with Gasteiger partial charge in [0, 0.05) is 6.21 Å². The first-order valence-electron chi connectivity index (χ1n) is 2.96. The van der Waals surface area contributed by atoms with E-state index >= 15 is 0 Å². The Morgan fingerprint density at radius 3 is 2.30 bits per heavy atom. The van der Waals surface area contributed by atoms with Gasteiger partial charge in [0.05, 0.1) is 0 Å². The molecule has 0 atom stereocenters. The lowest BCUT2D eigenvalue weighted by Crippen LogP contribution is -1.65. The van der Waals surface area contributed by atoms with E-state index in [0.717, 1.165) is 5.57 Å². The molecule has 0 amide bonds. The van der Waals surface area contributed by atoms with Crippen molar-refractivity contribution in [2.24, 2.45) is 0 Å². The molecule has 0 unspecified atom stereocenters. The molecule has 0 aliphatic heterocycles. The van der Waals surface area contributed by atoms with Crippen LogP contribution in [0, 0.1) is 5.41 Å². The fourth-order valence-corrected chi connectivity index (χ4v) is 0.419. The first-order chi connectivity index (χ1) is 4.81. The average molecular weight is 133 g/mol. The highest BCUT2D eigenvalue weighted by Crippen LogP contribution is 1.93. The van der Waals surface area contributed by atoms with Crippen molar-refractivity contribution in [3.05, 3.63) is 49.1 Å². The second-order valence-electron chi connectivity index (χ2n) is 1.70. The highest BCUT2D eigenvalue weighted by molar-refractivity contribution is 5.68. The van der Waals surface area contributed by atoms with Crippen molar-refractivity contribution in [3.63, 3.8) is 0 Å². The van der Waals surface area contributed by atoms with Gasteiger partial charge < -0.3 is 5.41 Å². The summed E-state index contributed by atoms with van der Waals surface area (Å²) in [5.41, 5.74) is 0.864. The first kappa shape index (κ1) is 8.63. The maximum absolute atomic E-state index is 6.68. The van der Waals surface area contributed by atoms with Gasteiger partial charge in [0.25, 0.3) is 0 Å². The van der Waals surface area contributed by atoms with Crippen LogP contribution in [0.2, 0.25) is 0 Å². The molecule has 10 heavy (non-hydrogen) atoms. The maximum Gasteiger partial charge on any atom is 0.0177 e. The van der Waals surface area contributed by atoms with E-state index < -0.39 is 0 Å². The molecule has 0 saturated carbocycles. The Labute approximate surface area is 61.6 Å². The third-order valence-electron chi connectivity index (χ3n) is 0.853. The predicted molar refractivity (Wildman–Crippen MR) is 46.4 cm³/mol. The summed E-state index contributed by atoms with van der Waals surface area (Å²) in [6, 6.07) is 0. The topological polar surface area (TPSA) is 23.9 Å². The van der Waals surface area contributed by atoms with Crippen LogP contribution in [0.25, 0.3) is 0 Å². The fourth-order valence-electron chi connectivity index (χ4n) is 0.419. The molecule has 0 heterocycles. The monoisotopic (exact) mass is 133 g/mol. The molecule has 0 saturated heterocycles. The molecule has 0 bridgehead atoms. The van der Waals surface area contributed by atoms with Gasteiger partial charge in [-0.2, -0.15) is 0 Å². The van der Waals surface area contributed by atoms with E-state index in [9.17, 15) is 0 Å². The van der Waals surface area contributed by atoms with Crippen LogP contribution in [0.5, 0.6) is 0 Å². The molecule has 0 aromatic carbocycles. The first-order valence-corrected chi connectivity index (χ1v) is 2.96. The zero-order valence-electron chi connectivity index (χ0n) is 5.88. The van der Waals surface area contributed by atoms with E-state index in [-0.39, 0.29) is 0 Å². The Bertz CT molecular complexity index is 165. The van der Waals surface area contributed by atoms with Crippen molar-refractivity contribution in [2.75, 3.05) is 0 Å². The molecule has 0 fully saturated rings. The van der Waals surface area contributed by atoms with Gasteiger partial charge in [0.15, 0.2) is 0 Å². The van der Waals surface area contributed by atoms with Gasteiger partial charge in [-0.1, -0.05) is 37.5 Å². The molecule has 1 N–H and O–H groups in total. The molecule has 0 spiro atoms. The lowest BCUT2D eigenvalue weighted by atomic mass is 10.2. The zero-order chi connectivity index (χ0) is 7.82. The van der Waals surface area contributed by atoms with Crippen molar-refractivity contribution < 1.29 is 0 Å². The van der Waals surface area contributed by atoms with Crippen LogP contribution in [-0.2, 0) is 0 Å². The molecule has 0 aromatic rings. The third kappa shape index (κ3) is 4.78. The molecular formula is C9H11N. The minimum Gasteiger partial charge on any atom is -0.309 e. The van der Waals surface area contributed by atoms with Gasteiger partial charge in [-0.15, -0.1) is 0 Å². The SMILES string of the molecule is C=C/C=C\C(=C)/C=C\C=N. The summed E-state index contributed by atoms with van der Waals surface area (Å²) in [5, 5.41) is 6.68. The minimum absolute atomic E-state index is 0.864. The Morgan fingerprint density at radius 1 is 1.20 bits per heavy atom. The number of hydrogen-bond acceptors (Lipinski definition) is 1. The van der Waals surface area contributed by atoms with Crippen molar-refractivity contribution in [1.82, 2.24) is 0 Å². The molecular weight excluding hydrogens is 122 g/mol. The van der Waals surface area contributed by atoms with Crippen molar-refractivity contribution in [2.45, 2.75) is 0 Å². The normalized spacial score (nSPS) is 10.4. The van der Waals surface area contributed by atoms with Crippen LogP contribution in [0.4, 0.5) is 0 Å². The van der Waals surface area contributed by atoms with E-state index in [1.165, 1.54) is 6.21 Å². The molecule has 0 aliphatic rings. The van der Waals surface area contributed by atoms with Gasteiger partial charge >= 0.3 is 0 Å². The number of hydrogen-bond donors (Lipinski definition) is 1. The zero-order valence-corrected chi connectivity index (χ0v) is 5.88. The number of nitrogens with one attached hydrogen (secondary N) is 1. The highest BCUT2D eigenvalue weighted by Gasteiger charge is 1.74. The molecule has 52 valence electrons. The summed E-state index contributed by atoms with van der Waals surface area (Å²) in [4.78, 5) is 0. The standard InChI is InChI=1S/C9H11N/c1-3-4-6-9(2)7-5-8-10/h3-8,10H,1-2H2/b6-4-,7-5-,10-8?. The lowest BCUT2D eigenvalue weighted by molar-refractivity contribution is 1.57. The Morgan fingerprint density at radius 2 is 1.80 bits per heavy atom. The van der Waals surface area contributed by atoms with Crippen LogP contribution in [0.3, 0.4) is 0 Å². The summed E-state index contributed by atoms with van der Waals surface area (Å²) >= 11 is 0. The highest BCUT2D eigenvalue weighted by atomic mass is 14.3. The van der Waals surface area contributed by atoms with Crippen LogP contribution in [-0.4, -0.2) is 6.21 Å². The van der Waals surface area contributed by atoms with Crippen LogP contribution in [0.15, 0.2) is 49.1 Å². The molecule has 0 radical (unpaired) electrons. The van der Waals surface area contributed by atoms with E-state index in [4.69, 9.17) is 5.41 Å². The van der Waals surface area contributed by atoms with Gasteiger partial charge in [-0.3, -0.25) is 0 Å². The van der Waals surface area contributed by atoms with E-state index in [0.29, 0.717) is 0 Å². The second-order valence-corrected chi connectivity index (χ2v) is 1.70. The molecule has 0 aliphatic carbocycles. The molecule has 0 aromatic heterocycles. The van der Waals surface area contributed by atoms with Gasteiger partial charge in [0.2, 0.25) is 0 Å². The molecule has 0 rings (SSSR count). The summed E-state index contributed by atoms with van der Waals surface area (Å²) in [6.45, 7) is 7.22. The van der Waals surface area contributed by atoms with E-state index in [1.54, 1.807) is 24.3 Å². The summed E-state index contributed by atoms with van der Waals surface area (Å²) in [5.74, 6) is 0. The Hall–Kier alpha value is -1.37. The molecule has 1 nitrogen and oxygen atoms in total. The summed E-state index contributed by atoms with van der Waals surface area (Å²) in [7, 11) is 0. The van der Waals surface area contributed by atoms with Gasteiger partial charge in [-0.25, -0.2) is 0 Å². The minimum atomic E-state index is 0.864. The second kappa shape index (κ2) is 5.76. The number of rotatable bonds is 4. The van der Waals surface area contributed by atoms with Gasteiger partial charge in [0.1, 0.15) is 0 Å². The summed E-state index contributed by atoms with van der Waals surface area (Å²) in [6.07, 6.45) is 9.91. The Balaban J connectivity index is 3.85. The van der Waals surface area contributed by atoms with Gasteiger partial charge in [-0.05, 0) is 11.6 Å². The maximum atomic E-state index is 6.68. The van der Waals surface area contributed by atoms with Crippen LogP contribution in [0.1, 0.15) is 0 Å². The number of allylic oxidation sites excluding steroid dienone is 6. The quantitative estimate of drug-likeness (QED) is 0.450. The Kier molecular flexibility index (Phi) is 4.97. The smallest absolute Gasteiger partial charge is 0.0177 e. The lowest BCUT2D eigenvalue weighted by Gasteiger charge is -1.83. The van der Waals surface area contributed by atoms with Crippen molar-refractivity contribution >= 4 is 6.21 Å². The van der Waals surface area contributed by atoms with Crippen molar-refractivity contribution in [3.8, 4) is 0 Å². The van der Waals surface area contributed by atoms with E-state index in [2.05, 4.69) is 13.2 Å².